The summed E-state index contributed by atoms with van der Waals surface area (Å²) in [7, 11) is 0. The van der Waals surface area contributed by atoms with Gasteiger partial charge >= 0.3 is 0 Å². The molecule has 0 atom stereocenters. The number of nitrogens with zero attached hydrogens (tertiary/aromatic N) is 3. The maximum absolute atomic E-state index is 12.9. The van der Waals surface area contributed by atoms with Gasteiger partial charge in [-0.2, -0.15) is 5.10 Å². The van der Waals surface area contributed by atoms with E-state index in [0.717, 1.165) is 16.8 Å². The Morgan fingerprint density at radius 1 is 1.22 bits per heavy atom. The highest BCUT2D eigenvalue weighted by Gasteiger charge is 2.34. The van der Waals surface area contributed by atoms with Crippen LogP contribution in [0.3, 0.4) is 0 Å². The number of thiocarbonyl (C=S) groups is 1. The molecule has 3 aromatic rings. The molecule has 1 aliphatic heterocycles. The maximum atomic E-state index is 12.9. The average Bonchev–Trinajstić information content (AvgIpc) is 3.31. The van der Waals surface area contributed by atoms with Gasteiger partial charge in [0, 0.05) is 23.4 Å². The number of carbonyl (C=O) groups excluding carboxylic acids is 1. The normalized spacial score (nSPS) is 15.3. The Balaban J connectivity index is 1.81. The van der Waals surface area contributed by atoms with Crippen molar-refractivity contribution in [3.63, 3.8) is 0 Å². The lowest BCUT2D eigenvalue weighted by molar-refractivity contribution is -0.123. The van der Waals surface area contributed by atoms with E-state index in [9.17, 15) is 4.79 Å². The first-order valence-electron chi connectivity index (χ1n) is 10.2. The van der Waals surface area contributed by atoms with E-state index in [1.807, 2.05) is 81.6 Å². The summed E-state index contributed by atoms with van der Waals surface area (Å²) in [4.78, 5) is 15.2. The number of benzene rings is 2. The Hall–Kier alpha value is -2.61. The molecule has 0 N–H and O–H groups in total. The fourth-order valence-corrected chi connectivity index (χ4v) is 5.17. The van der Waals surface area contributed by atoms with E-state index in [4.69, 9.17) is 33.7 Å². The molecule has 2 aromatic carbocycles. The summed E-state index contributed by atoms with van der Waals surface area (Å²) in [5.74, 6) is 0.540. The minimum atomic E-state index is -0.0851. The Morgan fingerprint density at radius 3 is 2.59 bits per heavy atom. The first kappa shape index (κ1) is 22.6. The molecule has 0 spiro atoms. The van der Waals surface area contributed by atoms with Crippen LogP contribution < -0.4 is 4.74 Å². The van der Waals surface area contributed by atoms with Gasteiger partial charge in [0.25, 0.3) is 5.91 Å². The molecule has 8 heteroatoms. The lowest BCUT2D eigenvalue weighted by atomic mass is 10.1. The van der Waals surface area contributed by atoms with E-state index in [1.165, 1.54) is 11.8 Å². The number of hydrogen-bond donors (Lipinski definition) is 0. The number of para-hydroxylation sites is 1. The van der Waals surface area contributed by atoms with Crippen LogP contribution in [0, 0.1) is 0 Å². The highest BCUT2D eigenvalue weighted by Crippen LogP contribution is 2.37. The summed E-state index contributed by atoms with van der Waals surface area (Å²) in [6.45, 7) is 6.35. The van der Waals surface area contributed by atoms with Crippen molar-refractivity contribution in [3.8, 4) is 22.7 Å². The van der Waals surface area contributed by atoms with Gasteiger partial charge in [0.2, 0.25) is 0 Å². The van der Waals surface area contributed by atoms with E-state index in [2.05, 4.69) is 0 Å². The predicted octanol–water partition coefficient (Wildman–Crippen LogP) is 6.20. The van der Waals surface area contributed by atoms with Crippen molar-refractivity contribution in [2.24, 2.45) is 0 Å². The van der Waals surface area contributed by atoms with Crippen molar-refractivity contribution < 1.29 is 9.53 Å². The Labute approximate surface area is 202 Å². The molecule has 1 aromatic heterocycles. The summed E-state index contributed by atoms with van der Waals surface area (Å²) in [5, 5.41) is 5.32. The quantitative estimate of drug-likeness (QED) is 0.308. The van der Waals surface area contributed by atoms with Crippen LogP contribution in [0.4, 0.5) is 0 Å². The zero-order chi connectivity index (χ0) is 22.8. The van der Waals surface area contributed by atoms with Gasteiger partial charge in [-0.25, -0.2) is 4.68 Å². The molecular weight excluding hydrogens is 462 g/mol. The second-order valence-electron chi connectivity index (χ2n) is 7.44. The summed E-state index contributed by atoms with van der Waals surface area (Å²) in [5.41, 5.74) is 3.27. The summed E-state index contributed by atoms with van der Waals surface area (Å²) < 4.78 is 7.93. The molecule has 1 aliphatic rings. The Bertz CT molecular complexity index is 1210. The van der Waals surface area contributed by atoms with Gasteiger partial charge < -0.3 is 4.74 Å². The van der Waals surface area contributed by atoms with Crippen molar-refractivity contribution in [2.75, 3.05) is 6.61 Å². The highest BCUT2D eigenvalue weighted by atomic mass is 35.5. The smallest absolute Gasteiger partial charge is 0.266 e. The second kappa shape index (κ2) is 9.48. The number of hydrogen-bond acceptors (Lipinski definition) is 5. The van der Waals surface area contributed by atoms with E-state index in [-0.39, 0.29) is 11.9 Å². The van der Waals surface area contributed by atoms with E-state index < -0.39 is 0 Å². The maximum Gasteiger partial charge on any atom is 0.266 e. The van der Waals surface area contributed by atoms with Gasteiger partial charge in [-0.1, -0.05) is 53.8 Å². The minimum Gasteiger partial charge on any atom is -0.492 e. The van der Waals surface area contributed by atoms with Gasteiger partial charge in [-0.15, -0.1) is 0 Å². The van der Waals surface area contributed by atoms with Gasteiger partial charge in [-0.05, 0) is 57.2 Å². The summed E-state index contributed by atoms with van der Waals surface area (Å²) in [6.07, 6.45) is 3.77. The molecule has 1 fully saturated rings. The lowest BCUT2D eigenvalue weighted by Gasteiger charge is -2.18. The molecule has 32 heavy (non-hydrogen) atoms. The monoisotopic (exact) mass is 483 g/mol. The third-order valence-corrected chi connectivity index (χ3v) is 6.52. The third-order valence-electron chi connectivity index (χ3n) is 4.89. The van der Waals surface area contributed by atoms with Crippen molar-refractivity contribution >= 4 is 51.9 Å². The van der Waals surface area contributed by atoms with Gasteiger partial charge in [0.1, 0.15) is 15.8 Å². The molecule has 1 saturated heterocycles. The first-order valence-corrected chi connectivity index (χ1v) is 11.8. The van der Waals surface area contributed by atoms with Crippen LogP contribution >= 0.6 is 35.6 Å². The molecule has 5 nitrogen and oxygen atoms in total. The molecule has 0 saturated carbocycles. The van der Waals surface area contributed by atoms with Crippen LogP contribution in [0.15, 0.2) is 59.6 Å². The van der Waals surface area contributed by atoms with Crippen LogP contribution in [0.1, 0.15) is 26.3 Å². The van der Waals surface area contributed by atoms with Crippen LogP contribution in [0.25, 0.3) is 23.0 Å². The van der Waals surface area contributed by atoms with E-state index in [0.29, 0.717) is 32.3 Å². The fraction of sp³-hybridized carbons (Fsp3) is 0.208. The number of ether oxygens (including phenoxy) is 1. The van der Waals surface area contributed by atoms with Crippen LogP contribution in [-0.4, -0.2) is 37.6 Å². The van der Waals surface area contributed by atoms with Gasteiger partial charge in [0.05, 0.1) is 22.2 Å². The Kier molecular flexibility index (Phi) is 6.69. The molecule has 0 bridgehead atoms. The number of aromatic nitrogens is 2. The summed E-state index contributed by atoms with van der Waals surface area (Å²) in [6, 6.07) is 15.4. The van der Waals surface area contributed by atoms with Crippen LogP contribution in [0.2, 0.25) is 5.02 Å². The Morgan fingerprint density at radius 2 is 1.97 bits per heavy atom. The third kappa shape index (κ3) is 4.46. The number of halogens is 1. The SMILES string of the molecule is CCOc1ccc(-c2nn(-c3ccccc3)cc2C=C2SC(=S)N(C(C)C)C2=O)cc1Cl. The molecular formula is C24H22ClN3O2S2. The van der Waals surface area contributed by atoms with Gasteiger partial charge in [0.15, 0.2) is 0 Å². The topological polar surface area (TPSA) is 47.4 Å². The van der Waals surface area contributed by atoms with Gasteiger partial charge in [-0.3, -0.25) is 9.69 Å². The van der Waals surface area contributed by atoms with Crippen molar-refractivity contribution in [1.29, 1.82) is 0 Å². The second-order valence-corrected chi connectivity index (χ2v) is 9.52. The minimum absolute atomic E-state index is 0.00447. The van der Waals surface area contributed by atoms with Crippen molar-refractivity contribution in [3.05, 3.63) is 70.2 Å². The average molecular weight is 484 g/mol. The zero-order valence-corrected chi connectivity index (χ0v) is 20.3. The van der Waals surface area contributed by atoms with E-state index >= 15 is 0 Å². The molecule has 0 radical (unpaired) electrons. The van der Waals surface area contributed by atoms with Crippen molar-refractivity contribution in [1.82, 2.24) is 14.7 Å². The molecule has 0 unspecified atom stereocenters. The lowest BCUT2D eigenvalue weighted by Crippen LogP contribution is -2.34. The highest BCUT2D eigenvalue weighted by molar-refractivity contribution is 8.26. The van der Waals surface area contributed by atoms with Crippen LogP contribution in [0.5, 0.6) is 5.75 Å². The van der Waals surface area contributed by atoms with Crippen molar-refractivity contribution in [2.45, 2.75) is 26.8 Å². The molecule has 164 valence electrons. The molecule has 1 amide bonds. The summed E-state index contributed by atoms with van der Waals surface area (Å²) >= 11 is 13.2. The largest absolute Gasteiger partial charge is 0.492 e. The predicted molar refractivity (Wildman–Crippen MR) is 135 cm³/mol. The molecule has 4 rings (SSSR count). The number of amides is 1. The zero-order valence-electron chi connectivity index (χ0n) is 17.9. The molecule has 0 aliphatic carbocycles. The number of thioether (sulfide) groups is 1. The number of rotatable bonds is 6. The van der Waals surface area contributed by atoms with Crippen LogP contribution in [-0.2, 0) is 4.79 Å². The van der Waals surface area contributed by atoms with E-state index in [1.54, 1.807) is 9.58 Å². The first-order chi connectivity index (χ1) is 15.4. The molecule has 2 heterocycles. The fourth-order valence-electron chi connectivity index (χ4n) is 3.42. The standard InChI is InChI=1S/C24H22ClN3O2S2/c1-4-30-20-11-10-16(12-19(20)25)22-17(14-27(26-22)18-8-6-5-7-9-18)13-21-23(29)28(15(2)3)24(31)32-21/h5-15H,4H2,1-3H3. The number of carbonyl (C=O) groups is 1.